The van der Waals surface area contributed by atoms with E-state index in [1.165, 1.54) is 0 Å². The third kappa shape index (κ3) is 4.83. The second kappa shape index (κ2) is 10.7. The highest BCUT2D eigenvalue weighted by Gasteiger charge is 2.16. The Kier molecular flexibility index (Phi) is 6.51. The van der Waals surface area contributed by atoms with Crippen LogP contribution < -0.4 is 9.80 Å². The highest BCUT2D eigenvalue weighted by Crippen LogP contribution is 2.35. The molecule has 0 saturated carbocycles. The average molecular weight is 493 g/mol. The van der Waals surface area contributed by atoms with Crippen molar-refractivity contribution in [1.82, 2.24) is 19.9 Å². The van der Waals surface area contributed by atoms with Crippen LogP contribution in [0.4, 0.5) is 34.6 Å². The fourth-order valence-corrected chi connectivity index (χ4v) is 4.31. The molecule has 4 heterocycles. The molecule has 6 rings (SSSR count). The van der Waals surface area contributed by atoms with E-state index in [0.717, 1.165) is 45.8 Å². The number of hydrogen-bond acceptors (Lipinski definition) is 6. The van der Waals surface area contributed by atoms with E-state index < -0.39 is 0 Å². The van der Waals surface area contributed by atoms with Crippen LogP contribution >= 0.6 is 0 Å². The second-order valence-electron chi connectivity index (χ2n) is 8.52. The van der Waals surface area contributed by atoms with Crippen molar-refractivity contribution in [3.8, 4) is 11.1 Å². The fourth-order valence-electron chi connectivity index (χ4n) is 4.31. The first-order valence-corrected chi connectivity index (χ1v) is 12.3. The van der Waals surface area contributed by atoms with E-state index in [0.29, 0.717) is 0 Å². The minimum absolute atomic E-state index is 0.812. The van der Waals surface area contributed by atoms with Gasteiger partial charge in [0.05, 0.1) is 0 Å². The zero-order valence-electron chi connectivity index (χ0n) is 20.5. The summed E-state index contributed by atoms with van der Waals surface area (Å²) in [4.78, 5) is 22.3. The lowest BCUT2D eigenvalue weighted by Gasteiger charge is -2.23. The summed E-state index contributed by atoms with van der Waals surface area (Å²) < 4.78 is 0. The number of rotatable bonds is 7. The lowest BCUT2D eigenvalue weighted by Crippen LogP contribution is -2.12. The smallest absolute Gasteiger partial charge is 0.138 e. The van der Waals surface area contributed by atoms with Crippen LogP contribution in [0.2, 0.25) is 0 Å². The van der Waals surface area contributed by atoms with E-state index in [-0.39, 0.29) is 0 Å². The SMILES string of the molecule is c1ccc(N(c2ccc(-c3ccc(N(c4ccccn4)c4ccccn4)cc3)cc2)c2ccccn2)nc1. The van der Waals surface area contributed by atoms with Crippen molar-refractivity contribution < 1.29 is 0 Å². The maximum Gasteiger partial charge on any atom is 0.138 e. The van der Waals surface area contributed by atoms with Crippen LogP contribution in [0.1, 0.15) is 0 Å². The normalized spacial score (nSPS) is 10.6. The summed E-state index contributed by atoms with van der Waals surface area (Å²) >= 11 is 0. The van der Waals surface area contributed by atoms with E-state index in [1.807, 2.05) is 82.6 Å². The maximum absolute atomic E-state index is 4.56. The highest BCUT2D eigenvalue weighted by molar-refractivity contribution is 5.77. The quantitative estimate of drug-likeness (QED) is 0.226. The summed E-state index contributed by atoms with van der Waals surface area (Å²) in [6, 6.07) is 40.4. The first-order valence-electron chi connectivity index (χ1n) is 12.3. The van der Waals surface area contributed by atoms with Crippen LogP contribution in [-0.4, -0.2) is 19.9 Å². The van der Waals surface area contributed by atoms with Gasteiger partial charge in [-0.15, -0.1) is 0 Å². The van der Waals surface area contributed by atoms with Crippen LogP contribution in [0.3, 0.4) is 0 Å². The third-order valence-corrected chi connectivity index (χ3v) is 6.10. The van der Waals surface area contributed by atoms with Crippen LogP contribution in [0, 0.1) is 0 Å². The summed E-state index contributed by atoms with van der Waals surface area (Å²) in [7, 11) is 0. The van der Waals surface area contributed by atoms with E-state index in [2.05, 4.69) is 68.5 Å². The van der Waals surface area contributed by atoms with Gasteiger partial charge in [-0.05, 0) is 83.9 Å². The maximum atomic E-state index is 4.56. The Balaban J connectivity index is 1.31. The first kappa shape index (κ1) is 23.1. The van der Waals surface area contributed by atoms with E-state index >= 15 is 0 Å². The lowest BCUT2D eigenvalue weighted by atomic mass is 10.0. The summed E-state index contributed by atoms with van der Waals surface area (Å²) in [5.41, 5.74) is 4.20. The molecule has 0 saturated heterocycles. The summed E-state index contributed by atoms with van der Waals surface area (Å²) in [5.74, 6) is 3.25. The fraction of sp³-hybridized carbons (Fsp3) is 0. The molecule has 0 aliphatic heterocycles. The van der Waals surface area contributed by atoms with Gasteiger partial charge in [0.15, 0.2) is 0 Å². The molecule has 6 nitrogen and oxygen atoms in total. The van der Waals surface area contributed by atoms with Crippen LogP contribution in [0.25, 0.3) is 11.1 Å². The van der Waals surface area contributed by atoms with Gasteiger partial charge < -0.3 is 0 Å². The van der Waals surface area contributed by atoms with Crippen molar-refractivity contribution in [2.45, 2.75) is 0 Å². The molecule has 0 bridgehead atoms. The van der Waals surface area contributed by atoms with Crippen molar-refractivity contribution in [2.75, 3.05) is 9.80 Å². The second-order valence-corrected chi connectivity index (χ2v) is 8.52. The molecule has 6 aromatic rings. The first-order chi connectivity index (χ1) is 18.9. The molecule has 0 aliphatic rings. The van der Waals surface area contributed by atoms with Crippen molar-refractivity contribution in [1.29, 1.82) is 0 Å². The monoisotopic (exact) mass is 492 g/mol. The van der Waals surface area contributed by atoms with Crippen LogP contribution in [-0.2, 0) is 0 Å². The van der Waals surface area contributed by atoms with E-state index in [1.54, 1.807) is 24.8 Å². The minimum atomic E-state index is 0.812. The third-order valence-electron chi connectivity index (χ3n) is 6.10. The molecular weight excluding hydrogens is 468 g/mol. The van der Waals surface area contributed by atoms with Crippen molar-refractivity contribution in [2.24, 2.45) is 0 Å². The Bertz CT molecular complexity index is 1370. The Labute approximate surface area is 221 Å². The van der Waals surface area contributed by atoms with Gasteiger partial charge in [0.25, 0.3) is 0 Å². The molecule has 0 atom stereocenters. The molecule has 0 radical (unpaired) electrons. The highest BCUT2D eigenvalue weighted by atomic mass is 15.2. The standard InChI is InChI=1S/C32H24N6/c1-5-21-33-29(9-1)37(30-10-2-6-22-34-30)27-17-13-25(14-18-27)26-15-19-28(20-16-26)38(31-11-3-7-23-35-31)32-12-4-8-24-36-32/h1-24H. The molecule has 0 fully saturated rings. The molecule has 182 valence electrons. The topological polar surface area (TPSA) is 58.0 Å². The Morgan fingerprint density at radius 3 is 0.842 bits per heavy atom. The Hall–Kier alpha value is -5.36. The molecule has 4 aromatic heterocycles. The van der Waals surface area contributed by atoms with Gasteiger partial charge in [-0.1, -0.05) is 48.5 Å². The number of aromatic nitrogens is 4. The van der Waals surface area contributed by atoms with Gasteiger partial charge in [0.2, 0.25) is 0 Å². The molecule has 38 heavy (non-hydrogen) atoms. The average Bonchev–Trinajstić information content (AvgIpc) is 3.00. The number of pyridine rings is 4. The van der Waals surface area contributed by atoms with Gasteiger partial charge in [-0.25, -0.2) is 19.9 Å². The molecule has 0 spiro atoms. The summed E-state index contributed by atoms with van der Waals surface area (Å²) in [6.45, 7) is 0. The Morgan fingerprint density at radius 2 is 0.605 bits per heavy atom. The Morgan fingerprint density at radius 1 is 0.316 bits per heavy atom. The minimum Gasteiger partial charge on any atom is -0.279 e. The largest absolute Gasteiger partial charge is 0.279 e. The zero-order chi connectivity index (χ0) is 25.6. The van der Waals surface area contributed by atoms with Crippen molar-refractivity contribution in [3.05, 3.63) is 146 Å². The van der Waals surface area contributed by atoms with Crippen LogP contribution in [0.5, 0.6) is 0 Å². The van der Waals surface area contributed by atoms with Crippen LogP contribution in [0.15, 0.2) is 146 Å². The molecular formula is C32H24N6. The number of benzene rings is 2. The number of hydrogen-bond donors (Lipinski definition) is 0. The van der Waals surface area contributed by atoms with E-state index in [4.69, 9.17) is 0 Å². The number of anilines is 6. The lowest BCUT2D eigenvalue weighted by molar-refractivity contribution is 1.12. The predicted octanol–water partition coefficient (Wildman–Crippen LogP) is 7.87. The van der Waals surface area contributed by atoms with Gasteiger partial charge in [-0.2, -0.15) is 0 Å². The number of nitrogens with zero attached hydrogens (tertiary/aromatic N) is 6. The molecule has 6 heteroatoms. The molecule has 0 N–H and O–H groups in total. The predicted molar refractivity (Wildman–Crippen MR) is 152 cm³/mol. The van der Waals surface area contributed by atoms with Gasteiger partial charge in [0, 0.05) is 36.2 Å². The molecule has 0 aliphatic carbocycles. The van der Waals surface area contributed by atoms with Gasteiger partial charge in [0.1, 0.15) is 23.3 Å². The van der Waals surface area contributed by atoms with Gasteiger partial charge >= 0.3 is 0 Å². The van der Waals surface area contributed by atoms with Gasteiger partial charge in [-0.3, -0.25) is 9.80 Å². The van der Waals surface area contributed by atoms with Crippen molar-refractivity contribution in [3.63, 3.8) is 0 Å². The van der Waals surface area contributed by atoms with Crippen molar-refractivity contribution >= 4 is 34.6 Å². The zero-order valence-corrected chi connectivity index (χ0v) is 20.5. The molecule has 0 unspecified atom stereocenters. The summed E-state index contributed by atoms with van der Waals surface area (Å²) in [6.07, 6.45) is 7.17. The molecule has 2 aromatic carbocycles. The summed E-state index contributed by atoms with van der Waals surface area (Å²) in [5, 5.41) is 0. The molecule has 0 amide bonds. The van der Waals surface area contributed by atoms with E-state index in [9.17, 15) is 0 Å².